The van der Waals surface area contributed by atoms with Gasteiger partial charge >= 0.3 is 0 Å². The molecule has 0 aromatic heterocycles. The highest BCUT2D eigenvalue weighted by atomic mass is 19.1. The molecular weight excluding hydrogens is 280 g/mol. The number of likely N-dealkylation sites (N-methyl/N-ethyl adjacent to an activating group) is 1. The number of hydrogen-bond acceptors (Lipinski definition) is 4. The van der Waals surface area contributed by atoms with Gasteiger partial charge in [-0.3, -0.25) is 9.69 Å². The second kappa shape index (κ2) is 7.44. The van der Waals surface area contributed by atoms with E-state index >= 15 is 0 Å². The van der Waals surface area contributed by atoms with Crippen LogP contribution >= 0.6 is 0 Å². The van der Waals surface area contributed by atoms with Gasteiger partial charge in [-0.25, -0.2) is 8.78 Å². The Hall–Kier alpha value is -1.57. The first-order valence-corrected chi connectivity index (χ1v) is 6.81. The number of nitrogens with zero attached hydrogens (tertiary/aromatic N) is 1. The summed E-state index contributed by atoms with van der Waals surface area (Å²) in [5.74, 6) is -1.73. The number of ether oxygens (including phenoxy) is 1. The molecule has 0 radical (unpaired) electrons. The largest absolute Gasteiger partial charge is 0.374 e. The average Bonchev–Trinajstić information content (AvgIpc) is 2.37. The quantitative estimate of drug-likeness (QED) is 0.845. The maximum atomic E-state index is 13.0. The van der Waals surface area contributed by atoms with Crippen molar-refractivity contribution >= 4 is 11.6 Å². The topological polar surface area (TPSA) is 53.6 Å². The molecule has 1 aromatic carbocycles. The number of morpholine rings is 1. The first kappa shape index (κ1) is 15.8. The van der Waals surface area contributed by atoms with Crippen LogP contribution in [-0.4, -0.2) is 56.7 Å². The van der Waals surface area contributed by atoms with Crippen molar-refractivity contribution in [2.45, 2.75) is 6.10 Å². The van der Waals surface area contributed by atoms with E-state index < -0.39 is 11.6 Å². The summed E-state index contributed by atoms with van der Waals surface area (Å²) >= 11 is 0. The van der Waals surface area contributed by atoms with E-state index in [2.05, 4.69) is 10.6 Å². The van der Waals surface area contributed by atoms with Crippen molar-refractivity contribution in [1.82, 2.24) is 10.2 Å². The Morgan fingerprint density at radius 1 is 1.38 bits per heavy atom. The maximum absolute atomic E-state index is 13.0. The molecular formula is C14H19F2N3O2. The third-order valence-corrected chi connectivity index (χ3v) is 3.17. The molecule has 1 heterocycles. The lowest BCUT2D eigenvalue weighted by Gasteiger charge is -2.32. The van der Waals surface area contributed by atoms with E-state index in [4.69, 9.17) is 4.74 Å². The third kappa shape index (κ3) is 5.04. The van der Waals surface area contributed by atoms with Crippen molar-refractivity contribution < 1.29 is 18.3 Å². The van der Waals surface area contributed by atoms with Gasteiger partial charge in [0.2, 0.25) is 5.91 Å². The first-order chi connectivity index (χ1) is 10.1. The van der Waals surface area contributed by atoms with Gasteiger partial charge in [-0.15, -0.1) is 0 Å². The molecule has 21 heavy (non-hydrogen) atoms. The second-order valence-electron chi connectivity index (χ2n) is 4.99. The van der Waals surface area contributed by atoms with Crippen LogP contribution in [-0.2, 0) is 9.53 Å². The molecule has 1 aromatic rings. The number of hydrogen-bond donors (Lipinski definition) is 2. The van der Waals surface area contributed by atoms with Gasteiger partial charge in [0.05, 0.1) is 19.3 Å². The summed E-state index contributed by atoms with van der Waals surface area (Å²) in [6.45, 7) is 2.75. The van der Waals surface area contributed by atoms with Crippen molar-refractivity contribution in [2.24, 2.45) is 0 Å². The number of halogens is 2. The van der Waals surface area contributed by atoms with E-state index in [0.717, 1.165) is 18.2 Å². The Balaban J connectivity index is 1.86. The average molecular weight is 299 g/mol. The van der Waals surface area contributed by atoms with Crippen LogP contribution in [0.3, 0.4) is 0 Å². The van der Waals surface area contributed by atoms with E-state index in [-0.39, 0.29) is 24.2 Å². The molecule has 116 valence electrons. The first-order valence-electron chi connectivity index (χ1n) is 6.81. The second-order valence-corrected chi connectivity index (χ2v) is 4.99. The lowest BCUT2D eigenvalue weighted by atomic mass is 10.2. The van der Waals surface area contributed by atoms with Crippen molar-refractivity contribution in [2.75, 3.05) is 45.2 Å². The zero-order chi connectivity index (χ0) is 15.2. The Labute approximate surface area is 122 Å². The Kier molecular flexibility index (Phi) is 5.60. The lowest BCUT2D eigenvalue weighted by molar-refractivity contribution is -0.119. The standard InChI is InChI=1S/C14H19F2N3O2/c1-17-7-13-8-19(2-3-21-13)9-14(20)18-12-5-10(15)4-11(16)6-12/h4-6,13,17H,2-3,7-9H2,1H3,(H,18,20). The number of rotatable bonds is 5. The van der Waals surface area contributed by atoms with E-state index in [1.165, 1.54) is 0 Å². The van der Waals surface area contributed by atoms with Gasteiger partial charge in [-0.05, 0) is 19.2 Å². The van der Waals surface area contributed by atoms with Gasteiger partial charge in [0.1, 0.15) is 11.6 Å². The van der Waals surface area contributed by atoms with E-state index in [1.54, 1.807) is 0 Å². The number of amides is 1. The van der Waals surface area contributed by atoms with Gasteiger partial charge < -0.3 is 15.4 Å². The zero-order valence-electron chi connectivity index (χ0n) is 11.9. The smallest absolute Gasteiger partial charge is 0.238 e. The van der Waals surface area contributed by atoms with Crippen LogP contribution < -0.4 is 10.6 Å². The van der Waals surface area contributed by atoms with E-state index in [9.17, 15) is 13.6 Å². The van der Waals surface area contributed by atoms with Crippen molar-refractivity contribution in [1.29, 1.82) is 0 Å². The predicted molar refractivity (Wildman–Crippen MR) is 75.1 cm³/mol. The summed E-state index contributed by atoms with van der Waals surface area (Å²) in [5.41, 5.74) is 0.123. The lowest BCUT2D eigenvalue weighted by Crippen LogP contribution is -2.48. The van der Waals surface area contributed by atoms with E-state index in [1.807, 2.05) is 11.9 Å². The van der Waals surface area contributed by atoms with Crippen LogP contribution in [0.5, 0.6) is 0 Å². The molecule has 2 N–H and O–H groups in total. The normalized spacial score (nSPS) is 19.5. The number of anilines is 1. The maximum Gasteiger partial charge on any atom is 0.238 e. The van der Waals surface area contributed by atoms with Crippen LogP contribution in [0.2, 0.25) is 0 Å². The fourth-order valence-electron chi connectivity index (χ4n) is 2.30. The zero-order valence-corrected chi connectivity index (χ0v) is 11.9. The molecule has 1 unspecified atom stereocenters. The predicted octanol–water partition coefficient (Wildman–Crippen LogP) is 0.823. The van der Waals surface area contributed by atoms with Crippen LogP contribution in [0.4, 0.5) is 14.5 Å². The Morgan fingerprint density at radius 3 is 2.76 bits per heavy atom. The highest BCUT2D eigenvalue weighted by Gasteiger charge is 2.21. The van der Waals surface area contributed by atoms with Crippen LogP contribution in [0.1, 0.15) is 0 Å². The van der Waals surface area contributed by atoms with Gasteiger partial charge in [-0.1, -0.05) is 0 Å². The molecule has 5 nitrogen and oxygen atoms in total. The van der Waals surface area contributed by atoms with Gasteiger partial charge in [0.25, 0.3) is 0 Å². The molecule has 0 saturated carbocycles. The highest BCUT2D eigenvalue weighted by molar-refractivity contribution is 5.92. The van der Waals surface area contributed by atoms with Crippen molar-refractivity contribution in [3.05, 3.63) is 29.8 Å². The summed E-state index contributed by atoms with van der Waals surface area (Å²) in [6, 6.07) is 2.94. The minimum Gasteiger partial charge on any atom is -0.374 e. The molecule has 1 amide bonds. The molecule has 7 heteroatoms. The number of carbonyl (C=O) groups is 1. The van der Waals surface area contributed by atoms with Gasteiger partial charge in [0, 0.05) is 31.4 Å². The minimum atomic E-state index is -0.717. The van der Waals surface area contributed by atoms with Crippen LogP contribution in [0.15, 0.2) is 18.2 Å². The van der Waals surface area contributed by atoms with Crippen LogP contribution in [0, 0.1) is 11.6 Å². The van der Waals surface area contributed by atoms with Crippen molar-refractivity contribution in [3.63, 3.8) is 0 Å². The number of carbonyl (C=O) groups excluding carboxylic acids is 1. The summed E-state index contributed by atoms with van der Waals surface area (Å²) in [5, 5.41) is 5.53. The van der Waals surface area contributed by atoms with Gasteiger partial charge in [-0.2, -0.15) is 0 Å². The minimum absolute atomic E-state index is 0.0446. The monoisotopic (exact) mass is 299 g/mol. The molecule has 1 fully saturated rings. The van der Waals surface area contributed by atoms with Gasteiger partial charge in [0.15, 0.2) is 0 Å². The fraction of sp³-hybridized carbons (Fsp3) is 0.500. The molecule has 0 spiro atoms. The summed E-state index contributed by atoms with van der Waals surface area (Å²) in [6.07, 6.45) is 0.0446. The summed E-state index contributed by atoms with van der Waals surface area (Å²) in [4.78, 5) is 13.9. The van der Waals surface area contributed by atoms with Crippen molar-refractivity contribution in [3.8, 4) is 0 Å². The molecule has 1 aliphatic rings. The summed E-state index contributed by atoms with van der Waals surface area (Å²) < 4.78 is 31.6. The summed E-state index contributed by atoms with van der Waals surface area (Å²) in [7, 11) is 1.84. The Morgan fingerprint density at radius 2 is 2.10 bits per heavy atom. The third-order valence-electron chi connectivity index (χ3n) is 3.17. The fourth-order valence-corrected chi connectivity index (χ4v) is 2.30. The highest BCUT2D eigenvalue weighted by Crippen LogP contribution is 2.13. The molecule has 1 aliphatic heterocycles. The molecule has 0 bridgehead atoms. The molecule has 1 atom stereocenters. The molecule has 2 rings (SSSR count). The molecule has 1 saturated heterocycles. The van der Waals surface area contributed by atoms with E-state index in [0.29, 0.717) is 26.2 Å². The van der Waals surface area contributed by atoms with Crippen LogP contribution in [0.25, 0.3) is 0 Å². The number of benzene rings is 1. The number of nitrogens with one attached hydrogen (secondary N) is 2. The molecule has 0 aliphatic carbocycles. The SMILES string of the molecule is CNCC1CN(CC(=O)Nc2cc(F)cc(F)c2)CCO1. The Bertz CT molecular complexity index is 477.